The number of halogens is 3. The van der Waals surface area contributed by atoms with Crippen molar-refractivity contribution in [2.24, 2.45) is 0 Å². The van der Waals surface area contributed by atoms with Gasteiger partial charge in [0.05, 0.1) is 6.61 Å². The van der Waals surface area contributed by atoms with Crippen LogP contribution in [0.1, 0.15) is 22.8 Å². The first-order valence-corrected chi connectivity index (χ1v) is 8.70. The van der Waals surface area contributed by atoms with Crippen molar-refractivity contribution in [3.8, 4) is 11.5 Å². The van der Waals surface area contributed by atoms with Gasteiger partial charge in [-0.05, 0) is 71.5 Å². The Labute approximate surface area is 158 Å². The first-order chi connectivity index (χ1) is 11.9. The van der Waals surface area contributed by atoms with Gasteiger partial charge >= 0.3 is 6.61 Å². The monoisotopic (exact) mass is 461 g/mol. The Hall–Kier alpha value is -1.90. The van der Waals surface area contributed by atoms with E-state index in [4.69, 9.17) is 4.74 Å². The van der Waals surface area contributed by atoms with E-state index in [1.54, 1.807) is 43.1 Å². The third-order valence-corrected chi connectivity index (χ3v) is 4.10. The zero-order valence-electron chi connectivity index (χ0n) is 13.8. The van der Waals surface area contributed by atoms with Crippen molar-refractivity contribution in [2.45, 2.75) is 20.1 Å². The fraction of sp³-hybridized carbons (Fsp3) is 0.278. The fourth-order valence-electron chi connectivity index (χ4n) is 2.27. The lowest BCUT2D eigenvalue weighted by Gasteiger charge is -2.19. The van der Waals surface area contributed by atoms with Crippen molar-refractivity contribution < 1.29 is 23.0 Å². The number of hydrogen-bond acceptors (Lipinski definition) is 3. The highest BCUT2D eigenvalue weighted by molar-refractivity contribution is 14.1. The molecule has 25 heavy (non-hydrogen) atoms. The van der Waals surface area contributed by atoms with Crippen LogP contribution < -0.4 is 9.47 Å². The van der Waals surface area contributed by atoms with Gasteiger partial charge < -0.3 is 14.4 Å². The molecule has 0 N–H and O–H groups in total. The molecule has 0 radical (unpaired) electrons. The average Bonchev–Trinajstić information content (AvgIpc) is 2.57. The Morgan fingerprint density at radius 2 is 1.84 bits per heavy atom. The molecule has 0 unspecified atom stereocenters. The maximum Gasteiger partial charge on any atom is 0.387 e. The molecule has 2 aromatic rings. The quantitative estimate of drug-likeness (QED) is 0.568. The average molecular weight is 461 g/mol. The van der Waals surface area contributed by atoms with E-state index in [1.165, 1.54) is 6.07 Å². The second-order valence-electron chi connectivity index (χ2n) is 5.26. The highest BCUT2D eigenvalue weighted by Crippen LogP contribution is 2.30. The summed E-state index contributed by atoms with van der Waals surface area (Å²) in [5.41, 5.74) is 1.34. The smallest absolute Gasteiger partial charge is 0.387 e. The van der Waals surface area contributed by atoms with Gasteiger partial charge in [0.1, 0.15) is 0 Å². The number of benzene rings is 2. The van der Waals surface area contributed by atoms with Crippen molar-refractivity contribution >= 4 is 28.5 Å². The van der Waals surface area contributed by atoms with Crippen LogP contribution in [0.4, 0.5) is 8.78 Å². The molecule has 0 aliphatic carbocycles. The number of alkyl halides is 2. The Bertz CT molecular complexity index is 723. The van der Waals surface area contributed by atoms with Crippen molar-refractivity contribution in [1.29, 1.82) is 0 Å². The first kappa shape index (κ1) is 19.4. The lowest BCUT2D eigenvalue weighted by atomic mass is 10.1. The van der Waals surface area contributed by atoms with Crippen LogP contribution in [0.3, 0.4) is 0 Å². The molecular weight excluding hydrogens is 443 g/mol. The summed E-state index contributed by atoms with van der Waals surface area (Å²) in [6.45, 7) is -0.527. The molecule has 0 bridgehead atoms. The summed E-state index contributed by atoms with van der Waals surface area (Å²) in [5, 5.41) is 0. The van der Waals surface area contributed by atoms with E-state index in [9.17, 15) is 13.6 Å². The molecule has 0 atom stereocenters. The van der Waals surface area contributed by atoms with Crippen LogP contribution in [-0.2, 0) is 6.54 Å². The number of carbonyl (C=O) groups is 1. The summed E-state index contributed by atoms with van der Waals surface area (Å²) in [5.74, 6) is 0.0879. The van der Waals surface area contributed by atoms with E-state index in [2.05, 4.69) is 27.3 Å². The molecule has 0 aromatic heterocycles. The maximum atomic E-state index is 12.5. The lowest BCUT2D eigenvalue weighted by Crippen LogP contribution is -2.26. The Balaban J connectivity index is 2.14. The molecule has 0 spiro atoms. The van der Waals surface area contributed by atoms with Crippen LogP contribution in [0.25, 0.3) is 0 Å². The maximum absolute atomic E-state index is 12.5. The predicted molar refractivity (Wildman–Crippen MR) is 99.2 cm³/mol. The van der Waals surface area contributed by atoms with Crippen LogP contribution in [0, 0.1) is 3.57 Å². The molecule has 0 aliphatic heterocycles. The van der Waals surface area contributed by atoms with Gasteiger partial charge in [-0.3, -0.25) is 4.79 Å². The van der Waals surface area contributed by atoms with Gasteiger partial charge in [0, 0.05) is 22.7 Å². The number of nitrogens with zero attached hydrogens (tertiary/aromatic N) is 1. The second kappa shape index (κ2) is 8.98. The largest absolute Gasteiger partial charge is 0.490 e. The summed E-state index contributed by atoms with van der Waals surface area (Å²) in [4.78, 5) is 14.0. The predicted octanol–water partition coefficient (Wildman–Crippen LogP) is 4.56. The Kier molecular flexibility index (Phi) is 6.98. The van der Waals surface area contributed by atoms with Crippen LogP contribution in [-0.4, -0.2) is 31.1 Å². The van der Waals surface area contributed by atoms with Crippen LogP contribution in [0.2, 0.25) is 0 Å². The first-order valence-electron chi connectivity index (χ1n) is 7.62. The van der Waals surface area contributed by atoms with Gasteiger partial charge in [-0.2, -0.15) is 8.78 Å². The number of amides is 1. The zero-order valence-corrected chi connectivity index (χ0v) is 16.0. The van der Waals surface area contributed by atoms with E-state index in [0.29, 0.717) is 18.7 Å². The third-order valence-electron chi connectivity index (χ3n) is 3.38. The second-order valence-corrected chi connectivity index (χ2v) is 6.51. The van der Waals surface area contributed by atoms with Gasteiger partial charge in [-0.15, -0.1) is 0 Å². The minimum atomic E-state index is -2.92. The minimum absolute atomic E-state index is 0.0211. The number of hydrogen-bond donors (Lipinski definition) is 0. The number of carbonyl (C=O) groups excluding carboxylic acids is 1. The van der Waals surface area contributed by atoms with Crippen LogP contribution >= 0.6 is 22.6 Å². The summed E-state index contributed by atoms with van der Waals surface area (Å²) in [7, 11) is 1.68. The molecule has 2 rings (SSSR count). The summed E-state index contributed by atoms with van der Waals surface area (Å²) in [6, 6.07) is 11.9. The van der Waals surface area contributed by atoms with Crippen molar-refractivity contribution in [1.82, 2.24) is 4.90 Å². The third kappa shape index (κ3) is 5.55. The molecule has 2 aromatic carbocycles. The summed E-state index contributed by atoms with van der Waals surface area (Å²) < 4.78 is 35.7. The van der Waals surface area contributed by atoms with Crippen molar-refractivity contribution in [2.75, 3.05) is 13.7 Å². The van der Waals surface area contributed by atoms with E-state index >= 15 is 0 Å². The van der Waals surface area contributed by atoms with Crippen LogP contribution in [0.15, 0.2) is 42.5 Å². The Morgan fingerprint density at radius 1 is 1.16 bits per heavy atom. The number of rotatable bonds is 7. The molecule has 7 heteroatoms. The lowest BCUT2D eigenvalue weighted by molar-refractivity contribution is -0.0514. The Morgan fingerprint density at radius 3 is 2.44 bits per heavy atom. The minimum Gasteiger partial charge on any atom is -0.490 e. The van der Waals surface area contributed by atoms with Crippen molar-refractivity contribution in [3.05, 3.63) is 57.2 Å². The number of ether oxygens (including phenoxy) is 2. The molecule has 0 fully saturated rings. The summed E-state index contributed by atoms with van der Waals surface area (Å²) >= 11 is 2.17. The van der Waals surface area contributed by atoms with Gasteiger partial charge in [0.15, 0.2) is 11.5 Å². The molecule has 4 nitrogen and oxygen atoms in total. The fourth-order valence-corrected chi connectivity index (χ4v) is 2.63. The SMILES string of the molecule is CCOc1cc(CN(C)C(=O)c2ccc(I)cc2)ccc1OC(F)F. The van der Waals surface area contributed by atoms with Gasteiger partial charge in [0.2, 0.25) is 0 Å². The molecule has 134 valence electrons. The van der Waals surface area contributed by atoms with Gasteiger partial charge in [-0.1, -0.05) is 6.07 Å². The topological polar surface area (TPSA) is 38.8 Å². The standard InChI is InChI=1S/C18H18F2INO3/c1-3-24-16-10-12(4-9-15(16)25-18(19)20)11-22(2)17(23)13-5-7-14(21)8-6-13/h4-10,18H,3,11H2,1-2H3. The molecular formula is C18H18F2INO3. The van der Waals surface area contributed by atoms with E-state index in [1.807, 2.05) is 12.1 Å². The van der Waals surface area contributed by atoms with Crippen LogP contribution in [0.5, 0.6) is 11.5 Å². The van der Waals surface area contributed by atoms with Gasteiger partial charge in [0.25, 0.3) is 5.91 Å². The summed E-state index contributed by atoms with van der Waals surface area (Å²) in [6.07, 6.45) is 0. The normalized spacial score (nSPS) is 10.6. The van der Waals surface area contributed by atoms with Crippen molar-refractivity contribution in [3.63, 3.8) is 0 Å². The molecule has 0 saturated carbocycles. The molecule has 1 amide bonds. The van der Waals surface area contributed by atoms with E-state index < -0.39 is 6.61 Å². The highest BCUT2D eigenvalue weighted by Gasteiger charge is 2.15. The molecule has 0 aliphatic rings. The highest BCUT2D eigenvalue weighted by atomic mass is 127. The zero-order chi connectivity index (χ0) is 18.4. The molecule has 0 saturated heterocycles. The van der Waals surface area contributed by atoms with E-state index in [-0.39, 0.29) is 17.4 Å². The van der Waals surface area contributed by atoms with Gasteiger partial charge in [-0.25, -0.2) is 0 Å². The van der Waals surface area contributed by atoms with E-state index in [0.717, 1.165) is 9.13 Å². The molecule has 0 heterocycles.